The topological polar surface area (TPSA) is 61.8 Å². The van der Waals surface area contributed by atoms with Gasteiger partial charge in [0.05, 0.1) is 6.61 Å². The lowest BCUT2D eigenvalue weighted by atomic mass is 9.95. The second kappa shape index (κ2) is 9.80. The van der Waals surface area contributed by atoms with Crippen LogP contribution >= 0.6 is 11.6 Å². The van der Waals surface area contributed by atoms with Crippen LogP contribution in [0.3, 0.4) is 0 Å². The minimum Gasteiger partial charge on any atom is -0.504 e. The van der Waals surface area contributed by atoms with Gasteiger partial charge in [-0.1, -0.05) is 35.9 Å². The van der Waals surface area contributed by atoms with E-state index in [1.807, 2.05) is 43.3 Å². The van der Waals surface area contributed by atoms with Crippen molar-refractivity contribution in [3.8, 4) is 11.5 Å². The molecule has 0 aliphatic carbocycles. The minimum absolute atomic E-state index is 0.0394. The maximum atomic E-state index is 12.5. The molecule has 1 aliphatic rings. The number of carbonyl (C=O) groups excluding carboxylic acids is 1. The summed E-state index contributed by atoms with van der Waals surface area (Å²) >= 11 is 6.15. The fourth-order valence-corrected chi connectivity index (χ4v) is 3.71. The zero-order chi connectivity index (χ0) is 19.9. The SMILES string of the molecule is CCOc1cc(CN2CCC(C(=O)NCc3ccccc3Cl)CC2)ccc1O. The van der Waals surface area contributed by atoms with Gasteiger partial charge < -0.3 is 15.2 Å². The summed E-state index contributed by atoms with van der Waals surface area (Å²) in [5.41, 5.74) is 2.04. The Hall–Kier alpha value is -2.24. The Morgan fingerprint density at radius 1 is 1.25 bits per heavy atom. The van der Waals surface area contributed by atoms with Gasteiger partial charge in [0.25, 0.3) is 0 Å². The Morgan fingerprint density at radius 3 is 2.71 bits per heavy atom. The number of phenolic OH excluding ortho intramolecular Hbond substituents is 1. The van der Waals surface area contributed by atoms with Crippen molar-refractivity contribution < 1.29 is 14.6 Å². The molecule has 1 heterocycles. The van der Waals surface area contributed by atoms with E-state index in [1.54, 1.807) is 6.07 Å². The summed E-state index contributed by atoms with van der Waals surface area (Å²) in [6.07, 6.45) is 1.68. The number of benzene rings is 2. The first-order valence-electron chi connectivity index (χ1n) is 9.75. The van der Waals surface area contributed by atoms with Crippen molar-refractivity contribution in [2.75, 3.05) is 19.7 Å². The van der Waals surface area contributed by atoms with E-state index in [1.165, 1.54) is 0 Å². The molecule has 0 aromatic heterocycles. The molecule has 0 saturated carbocycles. The number of piperidine rings is 1. The number of nitrogens with one attached hydrogen (secondary N) is 1. The molecule has 0 radical (unpaired) electrons. The third-order valence-corrected chi connectivity index (χ3v) is 5.47. The highest BCUT2D eigenvalue weighted by molar-refractivity contribution is 6.31. The van der Waals surface area contributed by atoms with Crippen LogP contribution in [0.15, 0.2) is 42.5 Å². The van der Waals surface area contributed by atoms with Crippen molar-refractivity contribution >= 4 is 17.5 Å². The summed E-state index contributed by atoms with van der Waals surface area (Å²) in [6.45, 7) is 5.41. The van der Waals surface area contributed by atoms with E-state index >= 15 is 0 Å². The summed E-state index contributed by atoms with van der Waals surface area (Å²) in [7, 11) is 0. The van der Waals surface area contributed by atoms with Gasteiger partial charge in [0.2, 0.25) is 5.91 Å². The Bertz CT molecular complexity index is 804. The molecule has 1 fully saturated rings. The van der Waals surface area contributed by atoms with E-state index in [4.69, 9.17) is 16.3 Å². The molecule has 2 aromatic rings. The van der Waals surface area contributed by atoms with Crippen molar-refractivity contribution in [3.63, 3.8) is 0 Å². The number of nitrogens with zero attached hydrogens (tertiary/aromatic N) is 1. The number of ether oxygens (including phenoxy) is 1. The molecule has 2 N–H and O–H groups in total. The van der Waals surface area contributed by atoms with Crippen LogP contribution in [-0.4, -0.2) is 35.6 Å². The normalized spacial score (nSPS) is 15.4. The zero-order valence-corrected chi connectivity index (χ0v) is 16.9. The zero-order valence-electron chi connectivity index (χ0n) is 16.2. The molecule has 0 spiro atoms. The molecular weight excluding hydrogens is 376 g/mol. The van der Waals surface area contributed by atoms with Crippen molar-refractivity contribution in [1.29, 1.82) is 0 Å². The van der Waals surface area contributed by atoms with Crippen molar-refractivity contribution in [2.24, 2.45) is 5.92 Å². The van der Waals surface area contributed by atoms with Gasteiger partial charge in [-0.2, -0.15) is 0 Å². The third-order valence-electron chi connectivity index (χ3n) is 5.10. The van der Waals surface area contributed by atoms with Crippen LogP contribution in [0.2, 0.25) is 5.02 Å². The molecule has 1 aliphatic heterocycles. The average molecular weight is 403 g/mol. The molecule has 6 heteroatoms. The van der Waals surface area contributed by atoms with Gasteiger partial charge in [-0.3, -0.25) is 9.69 Å². The number of hydrogen-bond donors (Lipinski definition) is 2. The highest BCUT2D eigenvalue weighted by Gasteiger charge is 2.25. The summed E-state index contributed by atoms with van der Waals surface area (Å²) in [5, 5.41) is 13.5. The first-order chi connectivity index (χ1) is 13.6. The van der Waals surface area contributed by atoms with Crippen LogP contribution in [0.5, 0.6) is 11.5 Å². The quantitative estimate of drug-likeness (QED) is 0.735. The summed E-state index contributed by atoms with van der Waals surface area (Å²) in [5.74, 6) is 0.828. The largest absolute Gasteiger partial charge is 0.504 e. The molecule has 0 unspecified atom stereocenters. The molecule has 3 rings (SSSR count). The van der Waals surface area contributed by atoms with Gasteiger partial charge in [0.15, 0.2) is 11.5 Å². The summed E-state index contributed by atoms with van der Waals surface area (Å²) < 4.78 is 5.46. The van der Waals surface area contributed by atoms with Crippen LogP contribution in [0.25, 0.3) is 0 Å². The fraction of sp³-hybridized carbons (Fsp3) is 0.409. The van der Waals surface area contributed by atoms with Crippen molar-refractivity contribution in [3.05, 3.63) is 58.6 Å². The Kier molecular flexibility index (Phi) is 7.18. The number of amides is 1. The van der Waals surface area contributed by atoms with Crippen molar-refractivity contribution in [1.82, 2.24) is 10.2 Å². The Morgan fingerprint density at radius 2 is 2.00 bits per heavy atom. The fourth-order valence-electron chi connectivity index (χ4n) is 3.51. The summed E-state index contributed by atoms with van der Waals surface area (Å²) in [4.78, 5) is 14.8. The van der Waals surface area contributed by atoms with E-state index in [-0.39, 0.29) is 17.6 Å². The maximum Gasteiger partial charge on any atom is 0.223 e. The van der Waals surface area contributed by atoms with Gasteiger partial charge in [-0.25, -0.2) is 0 Å². The number of aromatic hydroxyl groups is 1. The first-order valence-corrected chi connectivity index (χ1v) is 10.1. The molecule has 0 atom stereocenters. The molecule has 28 heavy (non-hydrogen) atoms. The van der Waals surface area contributed by atoms with Crippen LogP contribution in [0.1, 0.15) is 30.9 Å². The van der Waals surface area contributed by atoms with Crippen LogP contribution in [0.4, 0.5) is 0 Å². The van der Waals surface area contributed by atoms with Crippen LogP contribution in [-0.2, 0) is 17.9 Å². The van der Waals surface area contributed by atoms with E-state index < -0.39 is 0 Å². The highest BCUT2D eigenvalue weighted by atomic mass is 35.5. The van der Waals surface area contributed by atoms with E-state index in [0.29, 0.717) is 23.9 Å². The monoisotopic (exact) mass is 402 g/mol. The predicted octanol–water partition coefficient (Wildman–Crippen LogP) is 3.97. The van der Waals surface area contributed by atoms with Gasteiger partial charge >= 0.3 is 0 Å². The Balaban J connectivity index is 1.47. The second-order valence-corrected chi connectivity index (χ2v) is 7.50. The second-order valence-electron chi connectivity index (χ2n) is 7.09. The average Bonchev–Trinajstić information content (AvgIpc) is 2.70. The molecule has 1 saturated heterocycles. The number of likely N-dealkylation sites (tertiary alicyclic amines) is 1. The molecule has 5 nitrogen and oxygen atoms in total. The smallest absolute Gasteiger partial charge is 0.223 e. The molecule has 150 valence electrons. The number of hydrogen-bond acceptors (Lipinski definition) is 4. The van der Waals surface area contributed by atoms with Crippen molar-refractivity contribution in [2.45, 2.75) is 32.9 Å². The predicted molar refractivity (Wildman–Crippen MR) is 111 cm³/mol. The lowest BCUT2D eigenvalue weighted by Gasteiger charge is -2.31. The molecular formula is C22H27ClN2O3. The highest BCUT2D eigenvalue weighted by Crippen LogP contribution is 2.28. The van der Waals surface area contributed by atoms with Crippen LogP contribution in [0, 0.1) is 5.92 Å². The van der Waals surface area contributed by atoms with Gasteiger partial charge in [-0.05, 0) is 62.2 Å². The lowest BCUT2D eigenvalue weighted by Crippen LogP contribution is -2.40. The number of rotatable bonds is 7. The maximum absolute atomic E-state index is 12.5. The number of halogens is 1. The first kappa shape index (κ1) is 20.5. The van der Waals surface area contributed by atoms with E-state index in [9.17, 15) is 9.90 Å². The minimum atomic E-state index is 0.0394. The molecule has 2 aromatic carbocycles. The standard InChI is InChI=1S/C22H27ClN2O3/c1-2-28-21-13-16(7-8-20(21)26)15-25-11-9-17(10-12-25)22(27)24-14-18-5-3-4-6-19(18)23/h3-8,13,17,26H,2,9-12,14-15H2,1H3,(H,24,27). The van der Waals surface area contributed by atoms with Crippen LogP contribution < -0.4 is 10.1 Å². The third kappa shape index (κ3) is 5.40. The number of carbonyl (C=O) groups is 1. The van der Waals surface area contributed by atoms with Gasteiger partial charge in [0, 0.05) is 24.0 Å². The lowest BCUT2D eigenvalue weighted by molar-refractivity contribution is -0.126. The van der Waals surface area contributed by atoms with Gasteiger partial charge in [0.1, 0.15) is 0 Å². The van der Waals surface area contributed by atoms with Gasteiger partial charge in [-0.15, -0.1) is 0 Å². The molecule has 0 bridgehead atoms. The summed E-state index contributed by atoms with van der Waals surface area (Å²) in [6, 6.07) is 13.1. The molecule has 1 amide bonds. The Labute approximate surface area is 171 Å². The van der Waals surface area contributed by atoms with E-state index in [2.05, 4.69) is 10.2 Å². The number of phenols is 1. The van der Waals surface area contributed by atoms with E-state index in [0.717, 1.165) is 43.6 Å².